The van der Waals surface area contributed by atoms with Gasteiger partial charge in [0, 0.05) is 10.6 Å². The molecule has 2 aromatic heterocycles. The van der Waals surface area contributed by atoms with Crippen molar-refractivity contribution in [2.75, 3.05) is 5.73 Å². The molecule has 7 heteroatoms. The third-order valence-electron chi connectivity index (χ3n) is 5.31. The Balaban J connectivity index is 1.58. The van der Waals surface area contributed by atoms with Gasteiger partial charge in [-0.1, -0.05) is 84.4 Å². The van der Waals surface area contributed by atoms with Gasteiger partial charge in [0.1, 0.15) is 0 Å². The number of pyridine rings is 1. The molecule has 0 aliphatic rings. The average molecular weight is 467 g/mol. The Bertz CT molecular complexity index is 1500. The lowest BCUT2D eigenvalue weighted by Crippen LogP contribution is -2.18. The fourth-order valence-corrected chi connectivity index (χ4v) is 3.78. The summed E-state index contributed by atoms with van der Waals surface area (Å²) in [5, 5.41) is 5.21. The van der Waals surface area contributed by atoms with E-state index in [-0.39, 0.29) is 17.2 Å². The molecule has 0 spiro atoms. The number of carbonyl (C=O) groups is 1. The zero-order valence-electron chi connectivity index (χ0n) is 17.9. The van der Waals surface area contributed by atoms with Crippen molar-refractivity contribution in [2.24, 2.45) is 5.10 Å². The zero-order valence-corrected chi connectivity index (χ0v) is 18.7. The van der Waals surface area contributed by atoms with Gasteiger partial charge in [-0.15, -0.1) is 0 Å². The maximum Gasteiger partial charge on any atom is 0.309 e. The van der Waals surface area contributed by atoms with Gasteiger partial charge in [0.05, 0.1) is 23.0 Å². The Morgan fingerprint density at radius 1 is 0.941 bits per heavy atom. The van der Waals surface area contributed by atoms with E-state index in [2.05, 4.69) is 15.5 Å². The molecule has 0 atom stereocenters. The van der Waals surface area contributed by atoms with Crippen LogP contribution in [0.4, 0.5) is 5.69 Å². The molecule has 0 bridgehead atoms. The predicted molar refractivity (Wildman–Crippen MR) is 136 cm³/mol. The first-order valence-corrected chi connectivity index (χ1v) is 10.9. The number of carbonyl (C=O) groups excluding carboxylic acids is 1. The minimum Gasteiger partial charge on any atom is -0.430 e. The molecular weight excluding hydrogens is 448 g/mol. The van der Waals surface area contributed by atoms with E-state index in [4.69, 9.17) is 21.8 Å². The predicted octanol–water partition coefficient (Wildman–Crippen LogP) is 6.16. The molecular formula is C27H19ClN4O2. The Kier molecular flexibility index (Phi) is 5.81. The van der Waals surface area contributed by atoms with E-state index in [9.17, 15) is 4.79 Å². The van der Waals surface area contributed by atoms with Crippen molar-refractivity contribution in [2.45, 2.75) is 0 Å². The van der Waals surface area contributed by atoms with E-state index in [0.29, 0.717) is 16.1 Å². The van der Waals surface area contributed by atoms with Crippen molar-refractivity contribution in [3.63, 3.8) is 0 Å². The minimum absolute atomic E-state index is 0.0434. The number of hydrazone groups is 1. The zero-order chi connectivity index (χ0) is 23.5. The second-order valence-electron chi connectivity index (χ2n) is 7.56. The number of nitrogen functional groups attached to an aromatic ring is 1. The topological polar surface area (TPSA) is 93.5 Å². The van der Waals surface area contributed by atoms with E-state index < -0.39 is 5.91 Å². The molecule has 0 saturated carbocycles. The number of furan rings is 1. The maximum absolute atomic E-state index is 12.8. The Morgan fingerprint density at radius 2 is 1.62 bits per heavy atom. The van der Waals surface area contributed by atoms with Gasteiger partial charge in [0.2, 0.25) is 11.5 Å². The van der Waals surface area contributed by atoms with Crippen LogP contribution in [-0.2, 0) is 0 Å². The van der Waals surface area contributed by atoms with Crippen molar-refractivity contribution in [1.82, 2.24) is 10.4 Å². The molecule has 0 aliphatic carbocycles. The van der Waals surface area contributed by atoms with Gasteiger partial charge >= 0.3 is 5.91 Å². The normalized spacial score (nSPS) is 11.2. The highest BCUT2D eigenvalue weighted by Crippen LogP contribution is 2.38. The lowest BCUT2D eigenvalue weighted by atomic mass is 9.99. The fraction of sp³-hybridized carbons (Fsp3) is 0. The van der Waals surface area contributed by atoms with E-state index >= 15 is 0 Å². The number of hydrogen-bond acceptors (Lipinski definition) is 5. The van der Waals surface area contributed by atoms with E-state index in [0.717, 1.165) is 22.3 Å². The number of nitrogens with two attached hydrogens (primary N) is 1. The van der Waals surface area contributed by atoms with Crippen LogP contribution in [0, 0.1) is 0 Å². The second-order valence-corrected chi connectivity index (χ2v) is 8.00. The third-order valence-corrected chi connectivity index (χ3v) is 5.56. The summed E-state index contributed by atoms with van der Waals surface area (Å²) in [5.41, 5.74) is 13.5. The molecule has 2 heterocycles. The Morgan fingerprint density at radius 3 is 2.32 bits per heavy atom. The number of aromatic nitrogens is 1. The van der Waals surface area contributed by atoms with Crippen molar-refractivity contribution >= 4 is 40.5 Å². The number of nitrogens with zero attached hydrogens (tertiary/aromatic N) is 2. The summed E-state index contributed by atoms with van der Waals surface area (Å²) in [6.07, 6.45) is 1.54. The van der Waals surface area contributed by atoms with Gasteiger partial charge in [0.15, 0.2) is 0 Å². The lowest BCUT2D eigenvalue weighted by Gasteiger charge is -2.08. The summed E-state index contributed by atoms with van der Waals surface area (Å²) in [5.74, 6) is -0.604. The molecule has 0 fully saturated rings. The highest BCUT2D eigenvalue weighted by atomic mass is 35.5. The highest BCUT2D eigenvalue weighted by molar-refractivity contribution is 6.30. The Labute approximate surface area is 200 Å². The second kappa shape index (κ2) is 9.21. The molecule has 5 aromatic rings. The third kappa shape index (κ3) is 4.27. The van der Waals surface area contributed by atoms with Crippen molar-refractivity contribution < 1.29 is 9.21 Å². The monoisotopic (exact) mass is 466 g/mol. The fourth-order valence-electron chi connectivity index (χ4n) is 3.66. The largest absolute Gasteiger partial charge is 0.430 e. The van der Waals surface area contributed by atoms with E-state index in [1.807, 2.05) is 78.9 Å². The van der Waals surface area contributed by atoms with E-state index in [1.165, 1.54) is 0 Å². The minimum atomic E-state index is -0.560. The van der Waals surface area contributed by atoms with Crippen LogP contribution in [0.2, 0.25) is 5.02 Å². The van der Waals surface area contributed by atoms with Crippen molar-refractivity contribution in [3.05, 3.63) is 107 Å². The van der Waals surface area contributed by atoms with Gasteiger partial charge in [-0.25, -0.2) is 10.4 Å². The van der Waals surface area contributed by atoms with Crippen LogP contribution >= 0.6 is 11.6 Å². The van der Waals surface area contributed by atoms with Crippen LogP contribution in [0.3, 0.4) is 0 Å². The number of benzene rings is 3. The first-order chi connectivity index (χ1) is 16.6. The summed E-state index contributed by atoms with van der Waals surface area (Å²) >= 11 is 6.05. The van der Waals surface area contributed by atoms with Gasteiger partial charge < -0.3 is 10.2 Å². The number of rotatable bonds is 5. The molecule has 6 nitrogen and oxygen atoms in total. The summed E-state index contributed by atoms with van der Waals surface area (Å²) in [6, 6.07) is 28.4. The molecule has 0 unspecified atom stereocenters. The molecule has 0 saturated heterocycles. The van der Waals surface area contributed by atoms with Crippen LogP contribution in [0.5, 0.6) is 0 Å². The molecule has 3 aromatic carbocycles. The lowest BCUT2D eigenvalue weighted by molar-refractivity contribution is 0.0930. The molecule has 3 N–H and O–H groups in total. The summed E-state index contributed by atoms with van der Waals surface area (Å²) < 4.78 is 5.86. The number of hydrogen-bond donors (Lipinski definition) is 2. The Hall–Kier alpha value is -4.42. The average Bonchev–Trinajstić information content (AvgIpc) is 3.21. The maximum atomic E-state index is 12.8. The van der Waals surface area contributed by atoms with Crippen LogP contribution in [0.1, 0.15) is 16.1 Å². The first kappa shape index (κ1) is 21.4. The van der Waals surface area contributed by atoms with Crippen LogP contribution in [-0.4, -0.2) is 17.1 Å². The number of anilines is 1. The molecule has 1 amide bonds. The smallest absolute Gasteiger partial charge is 0.309 e. The van der Waals surface area contributed by atoms with Gasteiger partial charge in [-0.3, -0.25) is 4.79 Å². The molecule has 0 aliphatic heterocycles. The summed E-state index contributed by atoms with van der Waals surface area (Å²) in [6.45, 7) is 0. The summed E-state index contributed by atoms with van der Waals surface area (Å²) in [7, 11) is 0. The van der Waals surface area contributed by atoms with Gasteiger partial charge in [-0.05, 0) is 34.9 Å². The van der Waals surface area contributed by atoms with Crippen molar-refractivity contribution in [3.8, 4) is 22.4 Å². The number of nitrogens with one attached hydrogen (secondary N) is 1. The molecule has 0 radical (unpaired) electrons. The standard InChI is InChI=1S/C27H19ClN4O2/c28-20-13-11-19(12-14-20)22-15-21(18-9-5-2-6-10-18)23-24(29)25(34-27(23)31-22)26(33)32-30-16-17-7-3-1-4-8-17/h1-16H,29H2,(H,32,33). The van der Waals surface area contributed by atoms with Crippen molar-refractivity contribution in [1.29, 1.82) is 0 Å². The number of halogens is 1. The number of amides is 1. The summed E-state index contributed by atoms with van der Waals surface area (Å²) in [4.78, 5) is 17.5. The first-order valence-electron chi connectivity index (χ1n) is 10.5. The SMILES string of the molecule is Nc1c(C(=O)NN=Cc2ccccc2)oc2nc(-c3ccc(Cl)cc3)cc(-c3ccccc3)c12. The van der Waals surface area contributed by atoms with Crippen LogP contribution in [0.25, 0.3) is 33.5 Å². The quantitative estimate of drug-likeness (QED) is 0.239. The van der Waals surface area contributed by atoms with Gasteiger partial charge in [-0.2, -0.15) is 5.10 Å². The molecule has 5 rings (SSSR count). The van der Waals surface area contributed by atoms with E-state index in [1.54, 1.807) is 18.3 Å². The number of fused-ring (bicyclic) bond motifs is 1. The molecule has 34 heavy (non-hydrogen) atoms. The van der Waals surface area contributed by atoms with Crippen LogP contribution < -0.4 is 11.2 Å². The highest BCUT2D eigenvalue weighted by Gasteiger charge is 2.23. The van der Waals surface area contributed by atoms with Gasteiger partial charge in [0.25, 0.3) is 0 Å². The molecule has 166 valence electrons. The van der Waals surface area contributed by atoms with Crippen LogP contribution in [0.15, 0.2) is 101 Å².